The molecule has 0 amide bonds. The number of carboxylic acids is 1. The molecule has 3 rings (SSSR count). The average molecular weight is 330 g/mol. The van der Waals surface area contributed by atoms with Gasteiger partial charge in [-0.1, -0.05) is 22.7 Å². The Morgan fingerprint density at radius 3 is 3.00 bits per heavy atom. The Kier molecular flexibility index (Phi) is 4.48. The van der Waals surface area contributed by atoms with Crippen LogP contribution in [-0.2, 0) is 0 Å². The van der Waals surface area contributed by atoms with E-state index in [0.29, 0.717) is 17.4 Å². The van der Waals surface area contributed by atoms with E-state index in [-0.39, 0.29) is 11.6 Å². The number of carboxylic acid groups (broad SMARTS) is 1. The van der Waals surface area contributed by atoms with Crippen LogP contribution in [0.25, 0.3) is 0 Å². The third-order valence-corrected chi connectivity index (χ3v) is 4.24. The first-order chi connectivity index (χ1) is 11.2. The minimum atomic E-state index is -1.19. The van der Waals surface area contributed by atoms with Gasteiger partial charge in [0, 0.05) is 10.8 Å². The Labute approximate surface area is 136 Å². The van der Waals surface area contributed by atoms with Crippen LogP contribution in [0.1, 0.15) is 35.4 Å². The van der Waals surface area contributed by atoms with E-state index in [1.54, 1.807) is 6.07 Å². The topological polar surface area (TPSA) is 101 Å². The van der Waals surface area contributed by atoms with Crippen LogP contribution in [0.5, 0.6) is 11.6 Å². The maximum atomic E-state index is 11.0. The van der Waals surface area contributed by atoms with Crippen molar-refractivity contribution in [2.24, 2.45) is 5.92 Å². The number of hydrogen-bond acceptors (Lipinski definition) is 6. The number of rotatable bonds is 4. The zero-order chi connectivity index (χ0) is 16.2. The molecular weight excluding hydrogens is 316 g/mol. The van der Waals surface area contributed by atoms with Crippen LogP contribution >= 0.6 is 11.8 Å². The molecule has 2 heterocycles. The SMILES string of the molecule is CSc1cc(Oc2nn[nH]c2C(=O)O)cnc1C#CC1CCC1. The summed E-state index contributed by atoms with van der Waals surface area (Å²) in [5, 5.41) is 18.3. The molecule has 0 radical (unpaired) electrons. The van der Waals surface area contributed by atoms with E-state index >= 15 is 0 Å². The van der Waals surface area contributed by atoms with Crippen LogP contribution in [-0.4, -0.2) is 37.7 Å². The fraction of sp³-hybridized carbons (Fsp3) is 0.333. The molecule has 118 valence electrons. The van der Waals surface area contributed by atoms with Crippen LogP contribution in [0.15, 0.2) is 17.2 Å². The number of nitrogens with one attached hydrogen (secondary N) is 1. The van der Waals surface area contributed by atoms with E-state index in [2.05, 4.69) is 32.2 Å². The average Bonchev–Trinajstić information content (AvgIpc) is 2.95. The number of H-pyrrole nitrogens is 1. The smallest absolute Gasteiger partial charge is 0.359 e. The summed E-state index contributed by atoms with van der Waals surface area (Å²) in [6.07, 6.45) is 7.00. The Balaban J connectivity index is 1.81. The van der Waals surface area contributed by atoms with Crippen molar-refractivity contribution in [3.8, 4) is 23.5 Å². The third-order valence-electron chi connectivity index (χ3n) is 3.49. The maximum Gasteiger partial charge on any atom is 0.359 e. The molecule has 0 spiro atoms. The largest absolute Gasteiger partial charge is 0.476 e. The number of pyridine rings is 1. The van der Waals surface area contributed by atoms with E-state index in [4.69, 9.17) is 9.84 Å². The lowest BCUT2D eigenvalue weighted by Crippen LogP contribution is -2.07. The van der Waals surface area contributed by atoms with Crippen molar-refractivity contribution in [3.05, 3.63) is 23.7 Å². The fourth-order valence-electron chi connectivity index (χ4n) is 2.00. The summed E-state index contributed by atoms with van der Waals surface area (Å²) >= 11 is 1.50. The summed E-state index contributed by atoms with van der Waals surface area (Å²) in [6, 6.07) is 1.77. The van der Waals surface area contributed by atoms with Crippen molar-refractivity contribution < 1.29 is 14.6 Å². The van der Waals surface area contributed by atoms with Gasteiger partial charge in [-0.3, -0.25) is 0 Å². The fourth-order valence-corrected chi connectivity index (χ4v) is 2.53. The summed E-state index contributed by atoms with van der Waals surface area (Å²) in [6.45, 7) is 0. The van der Waals surface area contributed by atoms with Gasteiger partial charge in [0.15, 0.2) is 0 Å². The van der Waals surface area contributed by atoms with Gasteiger partial charge in [0.25, 0.3) is 5.88 Å². The van der Waals surface area contributed by atoms with Gasteiger partial charge >= 0.3 is 5.97 Å². The molecule has 2 aromatic rings. The molecule has 1 aliphatic rings. The van der Waals surface area contributed by atoms with Crippen LogP contribution < -0.4 is 4.74 Å². The van der Waals surface area contributed by atoms with Gasteiger partial charge in [0.2, 0.25) is 5.69 Å². The van der Waals surface area contributed by atoms with E-state index < -0.39 is 5.97 Å². The molecule has 23 heavy (non-hydrogen) atoms. The highest BCUT2D eigenvalue weighted by atomic mass is 32.2. The Bertz CT molecular complexity index is 790. The molecule has 0 unspecified atom stereocenters. The quantitative estimate of drug-likeness (QED) is 0.656. The van der Waals surface area contributed by atoms with Gasteiger partial charge in [-0.05, 0) is 31.1 Å². The van der Waals surface area contributed by atoms with Gasteiger partial charge < -0.3 is 9.84 Å². The first-order valence-electron chi connectivity index (χ1n) is 7.05. The van der Waals surface area contributed by atoms with Crippen LogP contribution in [0, 0.1) is 17.8 Å². The van der Waals surface area contributed by atoms with E-state index in [0.717, 1.165) is 17.7 Å². The van der Waals surface area contributed by atoms with Crippen molar-refractivity contribution in [2.45, 2.75) is 24.2 Å². The normalized spacial score (nSPS) is 13.8. The summed E-state index contributed by atoms with van der Waals surface area (Å²) in [5.41, 5.74) is 0.500. The molecule has 0 aliphatic heterocycles. The molecule has 1 saturated carbocycles. The van der Waals surface area contributed by atoms with Gasteiger partial charge in [-0.25, -0.2) is 14.9 Å². The zero-order valence-electron chi connectivity index (χ0n) is 12.4. The van der Waals surface area contributed by atoms with Crippen LogP contribution in [0.4, 0.5) is 0 Å². The molecule has 7 nitrogen and oxygen atoms in total. The standard InChI is InChI=1S/C15H14N4O3S/c1-23-12-7-10(22-14-13(15(20)21)17-19-18-14)8-16-11(12)6-5-9-3-2-4-9/h7-9H,2-4H2,1H3,(H,20,21)(H,17,18,19). The highest BCUT2D eigenvalue weighted by molar-refractivity contribution is 7.98. The maximum absolute atomic E-state index is 11.0. The summed E-state index contributed by atoms with van der Waals surface area (Å²) < 4.78 is 5.46. The van der Waals surface area contributed by atoms with Crippen molar-refractivity contribution in [1.29, 1.82) is 0 Å². The first kappa shape index (κ1) is 15.4. The molecule has 2 N–H and O–H groups in total. The number of nitrogens with zero attached hydrogens (tertiary/aromatic N) is 3. The lowest BCUT2D eigenvalue weighted by atomic mass is 9.86. The second kappa shape index (κ2) is 6.71. The minimum Gasteiger partial charge on any atom is -0.476 e. The van der Waals surface area contributed by atoms with E-state index in [9.17, 15) is 4.79 Å². The number of hydrogen-bond donors (Lipinski definition) is 2. The number of carbonyl (C=O) groups is 1. The van der Waals surface area contributed by atoms with Crippen molar-refractivity contribution in [2.75, 3.05) is 6.26 Å². The summed E-state index contributed by atoms with van der Waals surface area (Å²) in [7, 11) is 0. The molecule has 0 bridgehead atoms. The Morgan fingerprint density at radius 2 is 2.35 bits per heavy atom. The third kappa shape index (κ3) is 3.46. The number of ether oxygens (including phenoxy) is 1. The monoisotopic (exact) mass is 330 g/mol. The van der Waals surface area contributed by atoms with Crippen molar-refractivity contribution in [1.82, 2.24) is 20.4 Å². The predicted octanol–water partition coefficient (Wildman–Crippen LogP) is 2.56. The molecule has 0 aromatic carbocycles. The molecule has 0 saturated heterocycles. The van der Waals surface area contributed by atoms with Crippen LogP contribution in [0.2, 0.25) is 0 Å². The van der Waals surface area contributed by atoms with E-state index in [1.807, 2.05) is 6.26 Å². The second-order valence-corrected chi connectivity index (χ2v) is 5.87. The molecule has 1 fully saturated rings. The zero-order valence-corrected chi connectivity index (χ0v) is 13.2. The lowest BCUT2D eigenvalue weighted by molar-refractivity contribution is 0.0687. The highest BCUT2D eigenvalue weighted by Crippen LogP contribution is 2.28. The van der Waals surface area contributed by atoms with Crippen molar-refractivity contribution >= 4 is 17.7 Å². The van der Waals surface area contributed by atoms with Gasteiger partial charge in [0.05, 0.1) is 6.20 Å². The van der Waals surface area contributed by atoms with E-state index in [1.165, 1.54) is 24.4 Å². The molecule has 2 aromatic heterocycles. The van der Waals surface area contributed by atoms with Gasteiger partial charge in [0.1, 0.15) is 11.4 Å². The van der Waals surface area contributed by atoms with Crippen molar-refractivity contribution in [3.63, 3.8) is 0 Å². The van der Waals surface area contributed by atoms with Gasteiger partial charge in [-0.15, -0.1) is 11.8 Å². The molecule has 8 heteroatoms. The lowest BCUT2D eigenvalue weighted by Gasteiger charge is -2.18. The number of aromatic amines is 1. The molecule has 0 atom stereocenters. The number of aromatic nitrogens is 4. The first-order valence-corrected chi connectivity index (χ1v) is 8.27. The van der Waals surface area contributed by atoms with Crippen LogP contribution in [0.3, 0.4) is 0 Å². The predicted molar refractivity (Wildman–Crippen MR) is 83.7 cm³/mol. The summed E-state index contributed by atoms with van der Waals surface area (Å²) in [5.74, 6) is 5.93. The molecule has 1 aliphatic carbocycles. The number of aromatic carboxylic acids is 1. The summed E-state index contributed by atoms with van der Waals surface area (Å²) in [4.78, 5) is 16.2. The number of thioether (sulfide) groups is 1. The second-order valence-electron chi connectivity index (χ2n) is 5.02. The Morgan fingerprint density at radius 1 is 1.52 bits per heavy atom. The van der Waals surface area contributed by atoms with Gasteiger partial charge in [-0.2, -0.15) is 0 Å². The highest BCUT2D eigenvalue weighted by Gasteiger charge is 2.17. The minimum absolute atomic E-state index is 0.0975. The Hall–Kier alpha value is -2.53. The molecular formula is C15H14N4O3S.